The Morgan fingerprint density at radius 1 is 1.29 bits per heavy atom. The average molecular weight is 288 g/mol. The molecule has 0 saturated carbocycles. The number of aliphatic hydroxyl groups excluding tert-OH is 1. The number of hydrogen-bond donors (Lipinski definition) is 1. The third kappa shape index (κ3) is 2.52. The second-order valence-electron chi connectivity index (χ2n) is 4.99. The number of carbonyl (C=O) groups is 3. The van der Waals surface area contributed by atoms with Crippen LogP contribution in [0.3, 0.4) is 0 Å². The topological polar surface area (TPSA) is 80.7 Å². The first kappa shape index (κ1) is 15.1. The summed E-state index contributed by atoms with van der Waals surface area (Å²) < 4.78 is 5.13. The highest BCUT2D eigenvalue weighted by Gasteiger charge is 2.36. The molecular weight excluding hydrogens is 272 g/mol. The Labute approximate surface area is 122 Å². The van der Waals surface area contributed by atoms with Crippen molar-refractivity contribution < 1.29 is 24.2 Å². The van der Waals surface area contributed by atoms with E-state index in [9.17, 15) is 19.5 Å². The summed E-state index contributed by atoms with van der Waals surface area (Å²) in [5.74, 6) is -0.829. The lowest BCUT2D eigenvalue weighted by atomic mass is 9.80. The molecule has 0 radical (unpaired) electrons. The number of allylic oxidation sites excluding steroid dienone is 1. The van der Waals surface area contributed by atoms with Gasteiger partial charge in [0.05, 0.1) is 18.8 Å². The first-order valence-electron chi connectivity index (χ1n) is 6.55. The molecule has 110 valence electrons. The van der Waals surface area contributed by atoms with Gasteiger partial charge in [-0.1, -0.05) is 12.1 Å². The van der Waals surface area contributed by atoms with Crippen molar-refractivity contribution in [1.29, 1.82) is 0 Å². The highest BCUT2D eigenvalue weighted by Crippen LogP contribution is 2.34. The van der Waals surface area contributed by atoms with E-state index in [0.29, 0.717) is 0 Å². The lowest BCUT2D eigenvalue weighted by molar-refractivity contribution is -0.116. The summed E-state index contributed by atoms with van der Waals surface area (Å²) >= 11 is 0. The zero-order valence-corrected chi connectivity index (χ0v) is 12.1. The van der Waals surface area contributed by atoms with Gasteiger partial charge < -0.3 is 9.84 Å². The van der Waals surface area contributed by atoms with Crippen molar-refractivity contribution in [3.63, 3.8) is 0 Å². The predicted octanol–water partition coefficient (Wildman–Crippen LogP) is 1.73. The lowest BCUT2D eigenvalue weighted by Gasteiger charge is -2.23. The van der Waals surface area contributed by atoms with Gasteiger partial charge in [-0.3, -0.25) is 14.4 Å². The maximum Gasteiger partial charge on any atom is 0.196 e. The number of aliphatic hydroxyl groups is 1. The Hall–Kier alpha value is -2.27. The molecule has 1 aromatic rings. The number of methoxy groups -OCH3 is 1. The maximum atomic E-state index is 12.6. The molecule has 0 heterocycles. The molecular formula is C16H16O5. The van der Waals surface area contributed by atoms with Crippen LogP contribution in [0.25, 0.3) is 0 Å². The van der Waals surface area contributed by atoms with E-state index >= 15 is 0 Å². The fourth-order valence-electron chi connectivity index (χ4n) is 2.55. The summed E-state index contributed by atoms with van der Waals surface area (Å²) in [5, 5.41) is 9.85. The van der Waals surface area contributed by atoms with Crippen LogP contribution in [0.4, 0.5) is 0 Å². The second kappa shape index (κ2) is 5.61. The van der Waals surface area contributed by atoms with Crippen molar-refractivity contribution in [1.82, 2.24) is 0 Å². The number of rotatable bonds is 4. The summed E-state index contributed by atoms with van der Waals surface area (Å²) in [6.07, 6.45) is -1.30. The van der Waals surface area contributed by atoms with Gasteiger partial charge in [-0.2, -0.15) is 0 Å². The Bertz CT molecular complexity index is 667. The zero-order chi connectivity index (χ0) is 15.7. The Morgan fingerprint density at radius 3 is 2.48 bits per heavy atom. The van der Waals surface area contributed by atoms with Gasteiger partial charge >= 0.3 is 0 Å². The minimum absolute atomic E-state index is 0.0211. The van der Waals surface area contributed by atoms with Crippen molar-refractivity contribution in [2.24, 2.45) is 0 Å². The molecule has 1 atom stereocenters. The Morgan fingerprint density at radius 2 is 1.95 bits per heavy atom. The van der Waals surface area contributed by atoms with Crippen LogP contribution in [0.15, 0.2) is 29.3 Å². The van der Waals surface area contributed by atoms with Crippen LogP contribution in [0, 0.1) is 0 Å². The van der Waals surface area contributed by atoms with Crippen molar-refractivity contribution >= 4 is 17.3 Å². The van der Waals surface area contributed by atoms with E-state index in [1.807, 2.05) is 0 Å². The van der Waals surface area contributed by atoms with Gasteiger partial charge in [0.25, 0.3) is 0 Å². The normalized spacial score (nSPS) is 15.8. The van der Waals surface area contributed by atoms with Gasteiger partial charge in [-0.25, -0.2) is 0 Å². The van der Waals surface area contributed by atoms with Gasteiger partial charge in [0.1, 0.15) is 11.5 Å². The maximum absolute atomic E-state index is 12.6. The highest BCUT2D eigenvalue weighted by atomic mass is 16.5. The molecule has 0 aromatic heterocycles. The van der Waals surface area contributed by atoms with E-state index in [0.717, 1.165) is 0 Å². The second-order valence-corrected chi connectivity index (χ2v) is 4.99. The number of ether oxygens (including phenoxy) is 1. The Balaban J connectivity index is 2.71. The van der Waals surface area contributed by atoms with Gasteiger partial charge in [0.15, 0.2) is 11.6 Å². The number of fused-ring (bicyclic) bond motifs is 1. The van der Waals surface area contributed by atoms with Crippen molar-refractivity contribution in [2.75, 3.05) is 7.11 Å². The smallest absolute Gasteiger partial charge is 0.196 e. The monoisotopic (exact) mass is 288 g/mol. The number of carbonyl (C=O) groups excluding carboxylic acids is 3. The molecule has 0 spiro atoms. The van der Waals surface area contributed by atoms with Crippen LogP contribution in [0.1, 0.15) is 41.0 Å². The van der Waals surface area contributed by atoms with Gasteiger partial charge in [-0.05, 0) is 19.9 Å². The highest BCUT2D eigenvalue weighted by molar-refractivity contribution is 6.29. The van der Waals surface area contributed by atoms with Crippen LogP contribution in [0.2, 0.25) is 0 Å². The molecule has 21 heavy (non-hydrogen) atoms. The molecule has 0 amide bonds. The number of Topliss-reactive ketones (excluding diaryl/α,β-unsaturated/α-hetero) is 3. The van der Waals surface area contributed by atoms with Gasteiger partial charge in [-0.15, -0.1) is 0 Å². The summed E-state index contributed by atoms with van der Waals surface area (Å²) in [6.45, 7) is 2.74. The molecule has 0 aliphatic heterocycles. The number of benzene rings is 1. The molecule has 0 bridgehead atoms. The van der Waals surface area contributed by atoms with Crippen LogP contribution < -0.4 is 4.74 Å². The first-order chi connectivity index (χ1) is 9.88. The van der Waals surface area contributed by atoms with Crippen LogP contribution in [0.5, 0.6) is 5.75 Å². The van der Waals surface area contributed by atoms with E-state index in [2.05, 4.69) is 0 Å². The number of ketones is 3. The van der Waals surface area contributed by atoms with Crippen LogP contribution in [-0.4, -0.2) is 35.7 Å². The molecule has 1 aliphatic rings. The quantitative estimate of drug-likeness (QED) is 0.912. The first-order valence-corrected chi connectivity index (χ1v) is 6.55. The third-order valence-electron chi connectivity index (χ3n) is 3.41. The van der Waals surface area contributed by atoms with Crippen LogP contribution >= 0.6 is 0 Å². The SMILES string of the molecule is COc1cccc2c1C(=O)C(C(C)O)=C(CC(C)=O)C2=O. The molecule has 5 heteroatoms. The van der Waals surface area contributed by atoms with E-state index < -0.39 is 17.7 Å². The molecule has 1 unspecified atom stereocenters. The summed E-state index contributed by atoms with van der Waals surface area (Å²) in [7, 11) is 1.41. The number of hydrogen-bond acceptors (Lipinski definition) is 5. The molecule has 1 aromatic carbocycles. The predicted molar refractivity (Wildman–Crippen MR) is 75.7 cm³/mol. The van der Waals surface area contributed by atoms with E-state index in [4.69, 9.17) is 4.74 Å². The van der Waals surface area contributed by atoms with Gasteiger partial charge in [0, 0.05) is 23.1 Å². The molecule has 1 N–H and O–H groups in total. The minimum atomic E-state index is -1.13. The molecule has 0 saturated heterocycles. The van der Waals surface area contributed by atoms with Crippen molar-refractivity contribution in [2.45, 2.75) is 26.4 Å². The standard InChI is InChI=1S/C16H16O5/c1-8(17)7-11-13(9(2)18)16(20)14-10(15(11)19)5-4-6-12(14)21-3/h4-6,9,18H,7H2,1-3H3. The fourth-order valence-corrected chi connectivity index (χ4v) is 2.55. The molecule has 5 nitrogen and oxygen atoms in total. The molecule has 1 aliphatic carbocycles. The fraction of sp³-hybridized carbons (Fsp3) is 0.312. The van der Waals surface area contributed by atoms with Gasteiger partial charge in [0.2, 0.25) is 0 Å². The van der Waals surface area contributed by atoms with E-state index in [1.54, 1.807) is 12.1 Å². The minimum Gasteiger partial charge on any atom is -0.496 e. The third-order valence-corrected chi connectivity index (χ3v) is 3.41. The average Bonchev–Trinajstić information content (AvgIpc) is 2.42. The summed E-state index contributed by atoms with van der Waals surface area (Å²) in [5.41, 5.74) is 0.406. The van der Waals surface area contributed by atoms with E-state index in [-0.39, 0.29) is 40.2 Å². The molecule has 2 rings (SSSR count). The van der Waals surface area contributed by atoms with Crippen molar-refractivity contribution in [3.05, 3.63) is 40.5 Å². The summed E-state index contributed by atoms with van der Waals surface area (Å²) in [6, 6.07) is 4.72. The van der Waals surface area contributed by atoms with Crippen LogP contribution in [-0.2, 0) is 4.79 Å². The summed E-state index contributed by atoms with van der Waals surface area (Å²) in [4.78, 5) is 36.5. The zero-order valence-electron chi connectivity index (χ0n) is 12.1. The lowest BCUT2D eigenvalue weighted by Crippen LogP contribution is -2.29. The largest absolute Gasteiger partial charge is 0.496 e. The Kier molecular flexibility index (Phi) is 4.04. The van der Waals surface area contributed by atoms with E-state index in [1.165, 1.54) is 27.0 Å². The molecule has 0 fully saturated rings. The van der Waals surface area contributed by atoms with Crippen molar-refractivity contribution in [3.8, 4) is 5.75 Å².